The van der Waals surface area contributed by atoms with Crippen LogP contribution in [0.2, 0.25) is 0 Å². The molecule has 0 radical (unpaired) electrons. The first-order chi connectivity index (χ1) is 11.7. The van der Waals surface area contributed by atoms with Crippen molar-refractivity contribution in [3.63, 3.8) is 0 Å². The Hall–Kier alpha value is -1.59. The molecule has 6 heteroatoms. The molecule has 0 spiro atoms. The minimum Gasteiger partial charge on any atom is -0.481 e. The van der Waals surface area contributed by atoms with Crippen LogP contribution in [-0.2, 0) is 23.9 Å². The molecule has 1 N–H and O–H groups in total. The van der Waals surface area contributed by atoms with Gasteiger partial charge in [-0.3, -0.25) is 14.4 Å². The second kappa shape index (κ2) is 10.5. The Bertz CT molecular complexity index is 470. The van der Waals surface area contributed by atoms with Crippen molar-refractivity contribution < 1.29 is 29.0 Å². The van der Waals surface area contributed by atoms with E-state index >= 15 is 0 Å². The quantitative estimate of drug-likeness (QED) is 0.582. The van der Waals surface area contributed by atoms with E-state index < -0.39 is 11.9 Å². The predicted molar refractivity (Wildman–Crippen MR) is 99.6 cm³/mol. The van der Waals surface area contributed by atoms with Gasteiger partial charge in [0.1, 0.15) is 0 Å². The highest BCUT2D eigenvalue weighted by Gasteiger charge is 2.31. The van der Waals surface area contributed by atoms with Crippen LogP contribution in [-0.4, -0.2) is 36.2 Å². The van der Waals surface area contributed by atoms with Crippen LogP contribution < -0.4 is 0 Å². The summed E-state index contributed by atoms with van der Waals surface area (Å²) < 4.78 is 10.6. The van der Waals surface area contributed by atoms with Crippen LogP contribution >= 0.6 is 0 Å². The first-order valence-electron chi connectivity index (χ1n) is 9.21. The zero-order chi connectivity index (χ0) is 20.5. The molecule has 0 heterocycles. The molecule has 0 aromatic heterocycles. The molecule has 0 saturated heterocycles. The minimum atomic E-state index is -1.01. The van der Waals surface area contributed by atoms with Crippen LogP contribution in [0.25, 0.3) is 0 Å². The summed E-state index contributed by atoms with van der Waals surface area (Å²) in [6.07, 6.45) is 1.28. The van der Waals surface area contributed by atoms with Crippen LogP contribution in [0, 0.1) is 22.7 Å². The third kappa shape index (κ3) is 12.7. The molecule has 0 aliphatic rings. The Morgan fingerprint density at radius 2 is 1.50 bits per heavy atom. The smallest absolute Gasteiger partial charge is 0.306 e. The molecular formula is C20H36O6. The van der Waals surface area contributed by atoms with E-state index in [2.05, 4.69) is 41.5 Å². The lowest BCUT2D eigenvalue weighted by Crippen LogP contribution is -2.31. The predicted octanol–water partition coefficient (Wildman–Crippen LogP) is 4.06. The zero-order valence-electron chi connectivity index (χ0n) is 17.4. The summed E-state index contributed by atoms with van der Waals surface area (Å²) in [5.41, 5.74) is 0.000899. The topological polar surface area (TPSA) is 89.9 Å². The third-order valence-electron chi connectivity index (χ3n) is 4.25. The molecular weight excluding hydrogens is 336 g/mol. The molecule has 0 fully saturated rings. The van der Waals surface area contributed by atoms with Crippen molar-refractivity contribution in [3.05, 3.63) is 0 Å². The third-order valence-corrected chi connectivity index (χ3v) is 4.25. The van der Waals surface area contributed by atoms with Gasteiger partial charge in [-0.1, -0.05) is 41.5 Å². The summed E-state index contributed by atoms with van der Waals surface area (Å²) in [7, 11) is 0. The molecule has 0 saturated carbocycles. The molecule has 0 aromatic carbocycles. The molecule has 152 valence electrons. The number of carboxylic acids is 1. The molecule has 6 nitrogen and oxygen atoms in total. The molecule has 0 amide bonds. The van der Waals surface area contributed by atoms with Crippen molar-refractivity contribution in [3.8, 4) is 0 Å². The van der Waals surface area contributed by atoms with E-state index in [-0.39, 0.29) is 48.1 Å². The normalized spacial score (nSPS) is 14.4. The Labute approximate surface area is 157 Å². The second-order valence-corrected chi connectivity index (χ2v) is 9.31. The van der Waals surface area contributed by atoms with Gasteiger partial charge >= 0.3 is 17.9 Å². The number of ether oxygens (including phenoxy) is 2. The van der Waals surface area contributed by atoms with Crippen LogP contribution in [0.3, 0.4) is 0 Å². The van der Waals surface area contributed by atoms with Crippen LogP contribution in [0.4, 0.5) is 0 Å². The van der Waals surface area contributed by atoms with Crippen molar-refractivity contribution in [2.24, 2.45) is 22.7 Å². The lowest BCUT2D eigenvalue weighted by molar-refractivity contribution is -0.149. The van der Waals surface area contributed by atoms with Crippen LogP contribution in [0.15, 0.2) is 0 Å². The molecule has 2 atom stereocenters. The molecule has 0 aliphatic carbocycles. The summed E-state index contributed by atoms with van der Waals surface area (Å²) in [6, 6.07) is 0. The van der Waals surface area contributed by atoms with Gasteiger partial charge in [-0.25, -0.2) is 0 Å². The average Bonchev–Trinajstić information content (AvgIpc) is 2.43. The van der Waals surface area contributed by atoms with Gasteiger partial charge in [-0.15, -0.1) is 0 Å². The highest BCUT2D eigenvalue weighted by molar-refractivity contribution is 5.76. The van der Waals surface area contributed by atoms with Gasteiger partial charge < -0.3 is 14.6 Å². The molecule has 0 rings (SSSR count). The molecule has 0 bridgehead atoms. The Balaban J connectivity index is 4.94. The number of carbonyl (C=O) groups excluding carboxylic acids is 2. The van der Waals surface area contributed by atoms with E-state index in [9.17, 15) is 14.4 Å². The van der Waals surface area contributed by atoms with Gasteiger partial charge in [0.15, 0.2) is 0 Å². The number of hydrogen-bond acceptors (Lipinski definition) is 5. The maximum Gasteiger partial charge on any atom is 0.306 e. The second-order valence-electron chi connectivity index (χ2n) is 9.31. The summed E-state index contributed by atoms with van der Waals surface area (Å²) in [5, 5.41) is 8.66. The first-order valence-corrected chi connectivity index (χ1v) is 9.21. The van der Waals surface area contributed by atoms with Crippen LogP contribution in [0.5, 0.6) is 0 Å². The van der Waals surface area contributed by atoms with Crippen molar-refractivity contribution in [2.45, 2.75) is 74.1 Å². The van der Waals surface area contributed by atoms with Gasteiger partial charge in [0, 0.05) is 6.92 Å². The van der Waals surface area contributed by atoms with Crippen molar-refractivity contribution in [1.29, 1.82) is 0 Å². The zero-order valence-corrected chi connectivity index (χ0v) is 17.4. The average molecular weight is 373 g/mol. The summed E-state index contributed by atoms with van der Waals surface area (Å²) in [5.74, 6) is -1.55. The molecule has 26 heavy (non-hydrogen) atoms. The fraction of sp³-hybridized carbons (Fsp3) is 0.850. The Morgan fingerprint density at radius 1 is 0.923 bits per heavy atom. The Morgan fingerprint density at radius 3 is 1.92 bits per heavy atom. The van der Waals surface area contributed by atoms with E-state index in [0.29, 0.717) is 6.61 Å². The monoisotopic (exact) mass is 372 g/mol. The van der Waals surface area contributed by atoms with Crippen LogP contribution in [0.1, 0.15) is 74.1 Å². The van der Waals surface area contributed by atoms with E-state index in [0.717, 1.165) is 12.8 Å². The van der Waals surface area contributed by atoms with Gasteiger partial charge in [0.2, 0.25) is 0 Å². The van der Waals surface area contributed by atoms with Gasteiger partial charge in [-0.05, 0) is 35.5 Å². The SMILES string of the molecule is CC(=O)OCC(CC(COC(=O)CCC(=O)O)CC(C)(C)C)C(C)(C)C. The number of rotatable bonds is 10. The Kier molecular flexibility index (Phi) is 9.89. The largest absolute Gasteiger partial charge is 0.481 e. The highest BCUT2D eigenvalue weighted by Crippen LogP contribution is 2.36. The maximum absolute atomic E-state index is 11.8. The maximum atomic E-state index is 11.8. The number of carbonyl (C=O) groups is 3. The summed E-state index contributed by atoms with van der Waals surface area (Å²) >= 11 is 0. The fourth-order valence-electron chi connectivity index (χ4n) is 2.86. The van der Waals surface area contributed by atoms with Gasteiger partial charge in [0.25, 0.3) is 0 Å². The number of hydrogen-bond donors (Lipinski definition) is 1. The van der Waals surface area contributed by atoms with E-state index in [1.165, 1.54) is 6.92 Å². The van der Waals surface area contributed by atoms with E-state index in [1.54, 1.807) is 0 Å². The number of aliphatic carboxylic acids is 1. The number of carboxylic acid groups (broad SMARTS) is 1. The van der Waals surface area contributed by atoms with Gasteiger partial charge in [-0.2, -0.15) is 0 Å². The molecule has 0 aliphatic heterocycles. The summed E-state index contributed by atoms with van der Waals surface area (Å²) in [6.45, 7) is 14.7. The lowest BCUT2D eigenvalue weighted by Gasteiger charge is -2.35. The minimum absolute atomic E-state index is 0.0566. The lowest BCUT2D eigenvalue weighted by atomic mass is 9.73. The molecule has 0 aromatic rings. The summed E-state index contributed by atoms with van der Waals surface area (Å²) in [4.78, 5) is 33.5. The van der Waals surface area contributed by atoms with E-state index in [1.807, 2.05) is 0 Å². The standard InChI is InChI=1S/C20H36O6/c1-14(21)25-13-16(20(5,6)7)10-15(11-19(2,3)4)12-26-18(24)9-8-17(22)23/h15-16H,8-13H2,1-7H3,(H,22,23). The van der Waals surface area contributed by atoms with E-state index in [4.69, 9.17) is 14.6 Å². The molecule has 2 unspecified atom stereocenters. The fourth-order valence-corrected chi connectivity index (χ4v) is 2.86. The highest BCUT2D eigenvalue weighted by atomic mass is 16.5. The number of esters is 2. The first kappa shape index (κ1) is 24.4. The van der Waals surface area contributed by atoms with Crippen molar-refractivity contribution >= 4 is 17.9 Å². The van der Waals surface area contributed by atoms with Crippen molar-refractivity contribution in [1.82, 2.24) is 0 Å². The van der Waals surface area contributed by atoms with Gasteiger partial charge in [0.05, 0.1) is 26.1 Å². The van der Waals surface area contributed by atoms with Crippen molar-refractivity contribution in [2.75, 3.05) is 13.2 Å².